The molecule has 306 valence electrons. The highest BCUT2D eigenvalue weighted by atomic mass is 32.3. The Morgan fingerprint density at radius 2 is 1.08 bits per heavy atom. The quantitative estimate of drug-likeness (QED) is 0.0228. The summed E-state index contributed by atoms with van der Waals surface area (Å²) in [6.07, 6.45) is 47.1. The van der Waals surface area contributed by atoms with Crippen LogP contribution in [0.4, 0.5) is 0 Å². The van der Waals surface area contributed by atoms with Crippen LogP contribution >= 0.6 is 0 Å². The Hall–Kier alpha value is -1.55. The van der Waals surface area contributed by atoms with Gasteiger partial charge in [0.15, 0.2) is 5.84 Å². The van der Waals surface area contributed by atoms with E-state index in [-0.39, 0.29) is 5.91 Å². The number of nitrogens with zero attached hydrogens (tertiary/aromatic N) is 2. The summed E-state index contributed by atoms with van der Waals surface area (Å²) < 4.78 is 32.0. The molecule has 1 aliphatic heterocycles. The highest BCUT2D eigenvalue weighted by Crippen LogP contribution is 2.18. The van der Waals surface area contributed by atoms with Gasteiger partial charge in [-0.05, 0) is 64.2 Å². The first kappa shape index (κ1) is 50.5. The number of amides is 1. The Morgan fingerprint density at radius 3 is 1.50 bits per heavy atom. The zero-order valence-electron chi connectivity index (χ0n) is 34.5. The maximum Gasteiger partial charge on any atom is 0.220 e. The Morgan fingerprint density at radius 1 is 0.692 bits per heavy atom. The van der Waals surface area contributed by atoms with Crippen molar-refractivity contribution in [3.63, 3.8) is 0 Å². The number of carbonyl (C=O) groups is 1. The fraction of sp³-hybridized carbons (Fsp3) is 0.860. The molecule has 1 N–H and O–H groups in total. The molecular weight excluding hydrogens is 671 g/mol. The van der Waals surface area contributed by atoms with E-state index in [9.17, 15) is 17.8 Å². The van der Waals surface area contributed by atoms with Crippen LogP contribution in [0.15, 0.2) is 29.3 Å². The average molecular weight is 754 g/mol. The maximum atomic E-state index is 12.4. The molecule has 0 spiro atoms. The van der Waals surface area contributed by atoms with Gasteiger partial charge in [0.05, 0.1) is 27.2 Å². The monoisotopic (exact) mass is 754 g/mol. The average Bonchev–Trinajstić information content (AvgIpc) is 3.49. The number of allylic oxidation sites excluding steroid dienone is 4. The lowest BCUT2D eigenvalue weighted by Gasteiger charge is -2.30. The number of unbranched alkanes of at least 4 members (excludes halogenated alkanes) is 23. The zero-order valence-corrected chi connectivity index (χ0v) is 35.3. The fourth-order valence-corrected chi connectivity index (χ4v) is 6.71. The van der Waals surface area contributed by atoms with Gasteiger partial charge in [-0.25, -0.2) is 13.4 Å². The van der Waals surface area contributed by atoms with Crippen LogP contribution in [0.5, 0.6) is 0 Å². The van der Waals surface area contributed by atoms with E-state index < -0.39 is 10.4 Å². The highest BCUT2D eigenvalue weighted by molar-refractivity contribution is 7.80. The second kappa shape index (κ2) is 36.4. The third kappa shape index (κ3) is 34.2. The number of amidine groups is 1. The van der Waals surface area contributed by atoms with Gasteiger partial charge in [0, 0.05) is 12.8 Å². The van der Waals surface area contributed by atoms with Crippen LogP contribution in [-0.2, 0) is 19.4 Å². The largest absolute Gasteiger partial charge is 0.726 e. The van der Waals surface area contributed by atoms with Crippen molar-refractivity contribution in [3.8, 4) is 0 Å². The fourth-order valence-electron chi connectivity index (χ4n) is 6.71. The molecule has 0 aromatic carbocycles. The van der Waals surface area contributed by atoms with Gasteiger partial charge in [0.2, 0.25) is 16.3 Å². The molecule has 0 bridgehead atoms. The SMILES string of the molecule is CCCCCCCC/C=C\CCCCCCCCC1=NCC[N+]1(C)CCNC(=O)CCCCCCC/C=C\CCCCCCCC.COS(=O)(=O)[O-]. The summed E-state index contributed by atoms with van der Waals surface area (Å²) in [5, 5.41) is 3.21. The van der Waals surface area contributed by atoms with Gasteiger partial charge in [-0.15, -0.1) is 0 Å². The van der Waals surface area contributed by atoms with Crippen LogP contribution in [0.1, 0.15) is 200 Å². The molecule has 8 nitrogen and oxygen atoms in total. The molecule has 9 heteroatoms. The third-order valence-corrected chi connectivity index (χ3v) is 10.6. The van der Waals surface area contributed by atoms with Crippen LogP contribution in [0.3, 0.4) is 0 Å². The van der Waals surface area contributed by atoms with Gasteiger partial charge in [0.25, 0.3) is 0 Å². The Balaban J connectivity index is 0.00000397. The number of hydrogen-bond acceptors (Lipinski definition) is 6. The van der Waals surface area contributed by atoms with Gasteiger partial charge >= 0.3 is 0 Å². The Labute approximate surface area is 322 Å². The Kier molecular flexibility index (Phi) is 35.3. The molecule has 0 fully saturated rings. The first-order valence-electron chi connectivity index (χ1n) is 21.6. The summed E-state index contributed by atoms with van der Waals surface area (Å²) in [6, 6.07) is 0. The predicted octanol–water partition coefficient (Wildman–Crippen LogP) is 11.5. The van der Waals surface area contributed by atoms with Crippen LogP contribution < -0.4 is 5.32 Å². The topological polar surface area (TPSA) is 108 Å². The normalized spacial score (nSPS) is 16.1. The van der Waals surface area contributed by atoms with Crippen LogP contribution in [0.2, 0.25) is 0 Å². The van der Waals surface area contributed by atoms with Crippen molar-refractivity contribution in [1.82, 2.24) is 5.32 Å². The summed E-state index contributed by atoms with van der Waals surface area (Å²) >= 11 is 0. The van der Waals surface area contributed by atoms with Gasteiger partial charge in [-0.3, -0.25) is 13.5 Å². The van der Waals surface area contributed by atoms with Gasteiger partial charge < -0.3 is 9.87 Å². The number of hydrogen-bond donors (Lipinski definition) is 1. The van der Waals surface area contributed by atoms with Gasteiger partial charge in [0.1, 0.15) is 13.1 Å². The molecule has 1 unspecified atom stereocenters. The highest BCUT2D eigenvalue weighted by Gasteiger charge is 2.32. The van der Waals surface area contributed by atoms with Crippen molar-refractivity contribution in [2.75, 3.05) is 40.3 Å². The predicted molar refractivity (Wildman–Crippen MR) is 221 cm³/mol. The van der Waals surface area contributed by atoms with Crippen LogP contribution in [0.25, 0.3) is 0 Å². The molecule has 0 aliphatic carbocycles. The van der Waals surface area contributed by atoms with E-state index >= 15 is 0 Å². The van der Waals surface area contributed by atoms with E-state index in [0.717, 1.165) is 50.6 Å². The Bertz CT molecular complexity index is 1010. The first-order chi connectivity index (χ1) is 25.2. The first-order valence-corrected chi connectivity index (χ1v) is 23.0. The minimum absolute atomic E-state index is 0.232. The molecule has 1 amide bonds. The maximum absolute atomic E-state index is 12.4. The standard InChI is InChI=1S/C42H79N3O.CH4O4S/c1-4-6-8-10-12-14-16-18-20-22-23-25-27-29-31-33-35-41-43-37-39-45(41,3)40-38-44-42(46)36-34-32-30-28-26-24-21-19-17-15-13-11-9-7-5-2;1-5-6(2,3)4/h18-21H,4-17,22-40H2,1-3H3;1H3,(H,2,3,4)/b20-18-,21-19-;. The van der Waals surface area contributed by atoms with E-state index in [1.165, 1.54) is 173 Å². The smallest absolute Gasteiger partial charge is 0.220 e. The molecule has 52 heavy (non-hydrogen) atoms. The molecular formula is C43H83N3O5S. The van der Waals surface area contributed by atoms with E-state index in [2.05, 4.69) is 54.7 Å². The van der Waals surface area contributed by atoms with Gasteiger partial charge in [-0.1, -0.05) is 147 Å². The summed E-state index contributed by atoms with van der Waals surface area (Å²) in [7, 11) is -1.28. The molecule has 0 aromatic heterocycles. The lowest BCUT2D eigenvalue weighted by molar-refractivity contribution is -0.814. The van der Waals surface area contributed by atoms with Crippen molar-refractivity contribution >= 4 is 22.1 Å². The van der Waals surface area contributed by atoms with Crippen LogP contribution in [-0.4, -0.2) is 69.5 Å². The third-order valence-electron chi connectivity index (χ3n) is 10.2. The summed E-state index contributed by atoms with van der Waals surface area (Å²) in [4.78, 5) is 17.3. The molecule has 0 saturated carbocycles. The lowest BCUT2D eigenvalue weighted by Crippen LogP contribution is -2.51. The number of rotatable bonds is 35. The number of nitrogens with one attached hydrogen (secondary N) is 1. The van der Waals surface area contributed by atoms with Crippen molar-refractivity contribution in [2.45, 2.75) is 200 Å². The van der Waals surface area contributed by atoms with E-state index in [1.807, 2.05) is 0 Å². The molecule has 0 radical (unpaired) electrons. The number of quaternary nitrogens is 1. The minimum Gasteiger partial charge on any atom is -0.726 e. The van der Waals surface area contributed by atoms with Gasteiger partial charge in [-0.2, -0.15) is 0 Å². The lowest BCUT2D eigenvalue weighted by atomic mass is 10.1. The van der Waals surface area contributed by atoms with E-state index in [1.54, 1.807) is 0 Å². The molecule has 1 rings (SSSR count). The second-order valence-corrected chi connectivity index (χ2v) is 16.2. The molecule has 0 saturated heterocycles. The van der Waals surface area contributed by atoms with Crippen molar-refractivity contribution < 1.29 is 26.4 Å². The molecule has 1 heterocycles. The molecule has 1 atom stereocenters. The zero-order chi connectivity index (χ0) is 38.4. The van der Waals surface area contributed by atoms with E-state index in [0.29, 0.717) is 6.42 Å². The van der Waals surface area contributed by atoms with Crippen molar-refractivity contribution in [1.29, 1.82) is 0 Å². The number of carbonyl (C=O) groups excluding carboxylic acids is 1. The van der Waals surface area contributed by atoms with Crippen molar-refractivity contribution in [2.24, 2.45) is 4.99 Å². The second-order valence-electron chi connectivity index (χ2n) is 15.1. The summed E-state index contributed by atoms with van der Waals surface area (Å²) in [5.74, 6) is 1.59. The minimum atomic E-state index is -4.41. The number of likely N-dealkylation sites (N-methyl/N-ethyl adjacent to an activating group) is 1. The summed E-state index contributed by atoms with van der Waals surface area (Å²) in [6.45, 7) is 8.35. The molecule has 0 aromatic rings. The summed E-state index contributed by atoms with van der Waals surface area (Å²) in [5.41, 5.74) is 0. The molecule has 1 aliphatic rings. The van der Waals surface area contributed by atoms with Crippen molar-refractivity contribution in [3.05, 3.63) is 24.3 Å². The van der Waals surface area contributed by atoms with Crippen LogP contribution in [0, 0.1) is 0 Å². The number of aliphatic imine (C=N–C) groups is 1. The van der Waals surface area contributed by atoms with E-state index in [4.69, 9.17) is 4.99 Å².